The molecule has 0 aliphatic rings. The number of anilines is 1. The molecule has 3 N–H and O–H groups in total. The average Bonchev–Trinajstić information content (AvgIpc) is 2.39. The van der Waals surface area contributed by atoms with Gasteiger partial charge < -0.3 is 11.1 Å². The lowest BCUT2D eigenvalue weighted by Crippen LogP contribution is -2.22. The number of nitrogens with two attached hydrogens (primary N) is 1. The first kappa shape index (κ1) is 12.5. The van der Waals surface area contributed by atoms with Crippen molar-refractivity contribution in [3.63, 3.8) is 0 Å². The van der Waals surface area contributed by atoms with E-state index in [4.69, 9.17) is 5.73 Å². The predicted octanol–water partition coefficient (Wildman–Crippen LogP) is 3.08. The van der Waals surface area contributed by atoms with E-state index in [1.165, 1.54) is 12.1 Å². The van der Waals surface area contributed by atoms with Gasteiger partial charge in [0.05, 0.1) is 11.7 Å². The summed E-state index contributed by atoms with van der Waals surface area (Å²) in [5.41, 5.74) is 6.37. The molecule has 0 spiro atoms. The van der Waals surface area contributed by atoms with Gasteiger partial charge in [0, 0.05) is 12.1 Å². The maximum absolute atomic E-state index is 13.6. The predicted molar refractivity (Wildman–Crippen MR) is 68.2 cm³/mol. The van der Waals surface area contributed by atoms with Gasteiger partial charge in [-0.1, -0.05) is 30.3 Å². The fourth-order valence-electron chi connectivity index (χ4n) is 1.79. The SMILES string of the molecule is NCC(Nc1ccccc1F)c1ccccc1F. The van der Waals surface area contributed by atoms with Gasteiger partial charge in [0.2, 0.25) is 0 Å². The molecule has 0 radical (unpaired) electrons. The number of hydrogen-bond acceptors (Lipinski definition) is 2. The molecular weight excluding hydrogens is 234 g/mol. The quantitative estimate of drug-likeness (QED) is 0.872. The molecule has 0 aliphatic heterocycles. The van der Waals surface area contributed by atoms with Crippen molar-refractivity contribution in [2.24, 2.45) is 5.73 Å². The molecule has 0 amide bonds. The number of benzene rings is 2. The van der Waals surface area contributed by atoms with E-state index in [0.29, 0.717) is 11.3 Å². The van der Waals surface area contributed by atoms with E-state index in [1.807, 2.05) is 0 Å². The minimum absolute atomic E-state index is 0.176. The first-order chi connectivity index (χ1) is 8.72. The molecule has 0 fully saturated rings. The molecule has 2 nitrogen and oxygen atoms in total. The third-order valence-electron chi connectivity index (χ3n) is 2.72. The minimum atomic E-state index is -0.455. The maximum Gasteiger partial charge on any atom is 0.146 e. The molecule has 0 aliphatic carbocycles. The second-order valence-electron chi connectivity index (χ2n) is 3.93. The van der Waals surface area contributed by atoms with E-state index in [0.717, 1.165) is 0 Å². The Morgan fingerprint density at radius 3 is 2.17 bits per heavy atom. The van der Waals surface area contributed by atoms with Crippen LogP contribution >= 0.6 is 0 Å². The molecule has 1 unspecified atom stereocenters. The molecular formula is C14H14F2N2. The van der Waals surface area contributed by atoms with Crippen LogP contribution in [0.1, 0.15) is 11.6 Å². The second kappa shape index (κ2) is 5.60. The topological polar surface area (TPSA) is 38.0 Å². The van der Waals surface area contributed by atoms with Gasteiger partial charge in [-0.25, -0.2) is 8.78 Å². The zero-order chi connectivity index (χ0) is 13.0. The van der Waals surface area contributed by atoms with Crippen LogP contribution in [0.15, 0.2) is 48.5 Å². The van der Waals surface area contributed by atoms with Gasteiger partial charge in [-0.2, -0.15) is 0 Å². The third-order valence-corrected chi connectivity index (χ3v) is 2.72. The molecule has 18 heavy (non-hydrogen) atoms. The Balaban J connectivity index is 2.26. The number of rotatable bonds is 4. The van der Waals surface area contributed by atoms with E-state index in [-0.39, 0.29) is 18.2 Å². The minimum Gasteiger partial charge on any atom is -0.374 e. The normalized spacial score (nSPS) is 12.2. The largest absolute Gasteiger partial charge is 0.374 e. The van der Waals surface area contributed by atoms with Crippen molar-refractivity contribution < 1.29 is 8.78 Å². The zero-order valence-electron chi connectivity index (χ0n) is 9.74. The number of halogens is 2. The van der Waals surface area contributed by atoms with E-state index in [9.17, 15) is 8.78 Å². The van der Waals surface area contributed by atoms with Crippen LogP contribution in [-0.4, -0.2) is 6.54 Å². The van der Waals surface area contributed by atoms with Gasteiger partial charge in [-0.3, -0.25) is 0 Å². The second-order valence-corrected chi connectivity index (χ2v) is 3.93. The lowest BCUT2D eigenvalue weighted by atomic mass is 10.1. The number of para-hydroxylation sites is 1. The Morgan fingerprint density at radius 1 is 0.944 bits per heavy atom. The molecule has 0 saturated carbocycles. The van der Waals surface area contributed by atoms with Crippen molar-refractivity contribution in [1.29, 1.82) is 0 Å². The highest BCUT2D eigenvalue weighted by molar-refractivity contribution is 5.47. The monoisotopic (exact) mass is 248 g/mol. The Kier molecular flexibility index (Phi) is 3.89. The van der Waals surface area contributed by atoms with Crippen molar-refractivity contribution in [2.75, 3.05) is 11.9 Å². The van der Waals surface area contributed by atoms with Gasteiger partial charge in [0.1, 0.15) is 11.6 Å². The van der Waals surface area contributed by atoms with Crippen LogP contribution in [0.25, 0.3) is 0 Å². The molecule has 0 saturated heterocycles. The van der Waals surface area contributed by atoms with Crippen molar-refractivity contribution in [1.82, 2.24) is 0 Å². The lowest BCUT2D eigenvalue weighted by molar-refractivity contribution is 0.589. The fraction of sp³-hybridized carbons (Fsp3) is 0.143. The standard InChI is InChI=1S/C14H14F2N2/c15-11-6-2-1-5-10(11)14(9-17)18-13-8-4-3-7-12(13)16/h1-8,14,18H,9,17H2. The summed E-state index contributed by atoms with van der Waals surface area (Å²) in [5.74, 6) is -0.732. The summed E-state index contributed by atoms with van der Waals surface area (Å²) in [7, 11) is 0. The summed E-state index contributed by atoms with van der Waals surface area (Å²) in [6.45, 7) is 0.176. The molecule has 0 heterocycles. The van der Waals surface area contributed by atoms with Crippen LogP contribution in [0, 0.1) is 11.6 Å². The molecule has 2 rings (SSSR count). The summed E-state index contributed by atoms with van der Waals surface area (Å²) >= 11 is 0. The maximum atomic E-state index is 13.6. The van der Waals surface area contributed by atoms with Gasteiger partial charge in [-0.15, -0.1) is 0 Å². The summed E-state index contributed by atoms with van der Waals surface area (Å²) < 4.78 is 27.1. The Morgan fingerprint density at radius 2 is 1.56 bits per heavy atom. The van der Waals surface area contributed by atoms with Crippen LogP contribution in [0.2, 0.25) is 0 Å². The number of hydrogen-bond donors (Lipinski definition) is 2. The van der Waals surface area contributed by atoms with Gasteiger partial charge in [0.25, 0.3) is 0 Å². The van der Waals surface area contributed by atoms with E-state index >= 15 is 0 Å². The van der Waals surface area contributed by atoms with Gasteiger partial charge in [0.15, 0.2) is 0 Å². The molecule has 2 aromatic carbocycles. The molecule has 1 atom stereocenters. The third kappa shape index (κ3) is 2.65. The molecule has 0 aromatic heterocycles. The first-order valence-corrected chi connectivity index (χ1v) is 5.68. The van der Waals surface area contributed by atoms with E-state index < -0.39 is 6.04 Å². The Hall–Kier alpha value is -1.94. The number of nitrogens with one attached hydrogen (secondary N) is 1. The van der Waals surface area contributed by atoms with Crippen LogP contribution in [0.4, 0.5) is 14.5 Å². The summed E-state index contributed by atoms with van der Waals surface area (Å²) in [5, 5.41) is 2.91. The van der Waals surface area contributed by atoms with Crippen LogP contribution < -0.4 is 11.1 Å². The van der Waals surface area contributed by atoms with Crippen molar-refractivity contribution >= 4 is 5.69 Å². The van der Waals surface area contributed by atoms with Gasteiger partial charge >= 0.3 is 0 Å². The smallest absolute Gasteiger partial charge is 0.146 e. The van der Waals surface area contributed by atoms with E-state index in [2.05, 4.69) is 5.32 Å². The molecule has 4 heteroatoms. The van der Waals surface area contributed by atoms with Crippen LogP contribution in [0.5, 0.6) is 0 Å². The summed E-state index contributed by atoms with van der Waals surface area (Å²) in [6, 6.07) is 12.1. The van der Waals surface area contributed by atoms with Crippen LogP contribution in [-0.2, 0) is 0 Å². The highest BCUT2D eigenvalue weighted by Gasteiger charge is 2.14. The van der Waals surface area contributed by atoms with Crippen molar-refractivity contribution in [2.45, 2.75) is 6.04 Å². The molecule has 94 valence electrons. The van der Waals surface area contributed by atoms with Crippen molar-refractivity contribution in [3.05, 3.63) is 65.7 Å². The van der Waals surface area contributed by atoms with E-state index in [1.54, 1.807) is 36.4 Å². The lowest BCUT2D eigenvalue weighted by Gasteiger charge is -2.19. The Labute approximate surface area is 104 Å². The van der Waals surface area contributed by atoms with Crippen LogP contribution in [0.3, 0.4) is 0 Å². The zero-order valence-corrected chi connectivity index (χ0v) is 9.74. The highest BCUT2D eigenvalue weighted by atomic mass is 19.1. The summed E-state index contributed by atoms with van der Waals surface area (Å²) in [6.07, 6.45) is 0. The highest BCUT2D eigenvalue weighted by Crippen LogP contribution is 2.22. The first-order valence-electron chi connectivity index (χ1n) is 5.68. The van der Waals surface area contributed by atoms with Crippen molar-refractivity contribution in [3.8, 4) is 0 Å². The molecule has 0 bridgehead atoms. The summed E-state index contributed by atoms with van der Waals surface area (Å²) in [4.78, 5) is 0. The fourth-order valence-corrected chi connectivity index (χ4v) is 1.79. The molecule has 2 aromatic rings. The average molecular weight is 248 g/mol. The van der Waals surface area contributed by atoms with Gasteiger partial charge in [-0.05, 0) is 18.2 Å². The Bertz CT molecular complexity index is 529.